The number of anilines is 1. The number of hydrogen-bond acceptors (Lipinski definition) is 2. The molecule has 2 N–H and O–H groups in total. The Morgan fingerprint density at radius 2 is 2.19 bits per heavy atom. The van der Waals surface area contributed by atoms with E-state index in [1.54, 1.807) is 0 Å². The lowest BCUT2D eigenvalue weighted by Gasteiger charge is -2.17. The van der Waals surface area contributed by atoms with Crippen LogP contribution in [0.2, 0.25) is 0 Å². The highest BCUT2D eigenvalue weighted by Crippen LogP contribution is 2.32. The maximum atomic E-state index is 12.4. The zero-order valence-electron chi connectivity index (χ0n) is 13.5. The molecule has 1 aromatic carbocycles. The molecule has 0 aromatic heterocycles. The summed E-state index contributed by atoms with van der Waals surface area (Å²) >= 11 is 0. The second-order valence-corrected chi connectivity index (χ2v) is 6.31. The minimum absolute atomic E-state index is 0.185. The fourth-order valence-electron chi connectivity index (χ4n) is 3.13. The van der Waals surface area contributed by atoms with E-state index in [4.69, 9.17) is 0 Å². The molecule has 1 aromatic rings. The van der Waals surface area contributed by atoms with Crippen molar-refractivity contribution in [3.8, 4) is 0 Å². The number of carbonyl (C=O) groups is 1. The van der Waals surface area contributed by atoms with Crippen molar-refractivity contribution in [3.05, 3.63) is 29.8 Å². The fraction of sp³-hybridized carbons (Fsp3) is 0.611. The van der Waals surface area contributed by atoms with Gasteiger partial charge in [-0.3, -0.25) is 4.79 Å². The zero-order chi connectivity index (χ0) is 15.2. The highest BCUT2D eigenvalue weighted by molar-refractivity contribution is 5.92. The monoisotopic (exact) mass is 288 g/mol. The van der Waals surface area contributed by atoms with Crippen molar-refractivity contribution in [1.82, 2.24) is 5.32 Å². The van der Waals surface area contributed by atoms with E-state index in [0.29, 0.717) is 12.0 Å². The third-order valence-electron chi connectivity index (χ3n) is 4.55. The summed E-state index contributed by atoms with van der Waals surface area (Å²) in [7, 11) is 0. The second kappa shape index (κ2) is 7.60. The summed E-state index contributed by atoms with van der Waals surface area (Å²) in [5.41, 5.74) is 2.14. The molecule has 0 heterocycles. The molecule has 3 atom stereocenters. The van der Waals surface area contributed by atoms with E-state index in [1.165, 1.54) is 18.4 Å². The van der Waals surface area contributed by atoms with Crippen LogP contribution in [0.4, 0.5) is 5.69 Å². The summed E-state index contributed by atoms with van der Waals surface area (Å²) in [6, 6.07) is 8.51. The molecule has 3 nitrogen and oxygen atoms in total. The van der Waals surface area contributed by atoms with E-state index in [-0.39, 0.29) is 11.8 Å². The van der Waals surface area contributed by atoms with Crippen LogP contribution in [0.15, 0.2) is 24.3 Å². The van der Waals surface area contributed by atoms with Crippen LogP contribution in [0.5, 0.6) is 0 Å². The summed E-state index contributed by atoms with van der Waals surface area (Å²) in [6.45, 7) is 7.52. The number of nitrogens with one attached hydrogen (secondary N) is 2. The van der Waals surface area contributed by atoms with E-state index in [2.05, 4.69) is 43.5 Å². The molecular formula is C18H28N2O. The number of rotatable bonds is 6. The Hall–Kier alpha value is -1.35. The quantitative estimate of drug-likeness (QED) is 0.826. The molecule has 3 heteroatoms. The molecule has 116 valence electrons. The SMILES string of the molecule is CCCNC(C)c1cccc(NC(=O)C2CCCC2C)c1. The predicted molar refractivity (Wildman–Crippen MR) is 88.3 cm³/mol. The average Bonchev–Trinajstić information content (AvgIpc) is 2.91. The topological polar surface area (TPSA) is 41.1 Å². The van der Waals surface area contributed by atoms with Gasteiger partial charge in [-0.15, -0.1) is 0 Å². The molecule has 0 bridgehead atoms. The van der Waals surface area contributed by atoms with Gasteiger partial charge in [0.25, 0.3) is 0 Å². The zero-order valence-corrected chi connectivity index (χ0v) is 13.5. The third-order valence-corrected chi connectivity index (χ3v) is 4.55. The third kappa shape index (κ3) is 4.31. The summed E-state index contributed by atoms with van der Waals surface area (Å²) in [6.07, 6.45) is 4.51. The Labute approximate surface area is 128 Å². The largest absolute Gasteiger partial charge is 0.326 e. The maximum Gasteiger partial charge on any atom is 0.227 e. The summed E-state index contributed by atoms with van der Waals surface area (Å²) < 4.78 is 0. The average molecular weight is 288 g/mol. The first-order valence-corrected chi connectivity index (χ1v) is 8.26. The Kier molecular flexibility index (Phi) is 5.80. The van der Waals surface area contributed by atoms with Crippen molar-refractivity contribution < 1.29 is 4.79 Å². The van der Waals surface area contributed by atoms with Crippen LogP contribution >= 0.6 is 0 Å². The fourth-order valence-corrected chi connectivity index (χ4v) is 3.13. The number of amides is 1. The molecule has 0 aliphatic heterocycles. The molecule has 1 amide bonds. The molecular weight excluding hydrogens is 260 g/mol. The molecule has 0 spiro atoms. The summed E-state index contributed by atoms with van der Waals surface area (Å²) in [5.74, 6) is 0.883. The van der Waals surface area contributed by atoms with Crippen LogP contribution in [0.3, 0.4) is 0 Å². The number of carbonyl (C=O) groups excluding carboxylic acids is 1. The smallest absolute Gasteiger partial charge is 0.227 e. The van der Waals surface area contributed by atoms with Gasteiger partial charge in [-0.05, 0) is 56.3 Å². The van der Waals surface area contributed by atoms with Crippen molar-refractivity contribution in [2.45, 2.75) is 52.5 Å². The summed E-state index contributed by atoms with van der Waals surface area (Å²) in [5, 5.41) is 6.58. The van der Waals surface area contributed by atoms with Crippen molar-refractivity contribution in [2.24, 2.45) is 11.8 Å². The number of benzene rings is 1. The van der Waals surface area contributed by atoms with E-state index in [9.17, 15) is 4.79 Å². The summed E-state index contributed by atoms with van der Waals surface area (Å²) in [4.78, 5) is 12.4. The van der Waals surface area contributed by atoms with Crippen LogP contribution in [-0.4, -0.2) is 12.5 Å². The lowest BCUT2D eigenvalue weighted by molar-refractivity contribution is -0.120. The van der Waals surface area contributed by atoms with Crippen LogP contribution < -0.4 is 10.6 Å². The Bertz CT molecular complexity index is 472. The number of hydrogen-bond donors (Lipinski definition) is 2. The standard InChI is InChI=1S/C18H28N2O/c1-4-11-19-14(3)15-8-6-9-16(12-15)20-18(21)17-10-5-7-13(17)2/h6,8-9,12-14,17,19H,4-5,7,10-11H2,1-3H3,(H,20,21). The van der Waals surface area contributed by atoms with Gasteiger partial charge < -0.3 is 10.6 Å². The molecule has 1 fully saturated rings. The molecule has 3 unspecified atom stereocenters. The molecule has 0 radical (unpaired) electrons. The van der Waals surface area contributed by atoms with Crippen molar-refractivity contribution in [2.75, 3.05) is 11.9 Å². The Morgan fingerprint density at radius 1 is 1.38 bits per heavy atom. The van der Waals surface area contributed by atoms with Gasteiger partial charge in [0.1, 0.15) is 0 Å². The normalized spacial score (nSPS) is 23.0. The van der Waals surface area contributed by atoms with E-state index >= 15 is 0 Å². The van der Waals surface area contributed by atoms with E-state index in [1.807, 2.05) is 12.1 Å². The van der Waals surface area contributed by atoms with Crippen LogP contribution in [0, 0.1) is 11.8 Å². The van der Waals surface area contributed by atoms with Crippen LogP contribution in [-0.2, 0) is 4.79 Å². The molecule has 1 aliphatic rings. The van der Waals surface area contributed by atoms with Gasteiger partial charge in [-0.2, -0.15) is 0 Å². The predicted octanol–water partition coefficient (Wildman–Crippen LogP) is 4.12. The molecule has 1 saturated carbocycles. The van der Waals surface area contributed by atoms with Gasteiger partial charge in [-0.1, -0.05) is 32.4 Å². The Morgan fingerprint density at radius 3 is 2.86 bits per heavy atom. The highest BCUT2D eigenvalue weighted by atomic mass is 16.1. The lowest BCUT2D eigenvalue weighted by Crippen LogP contribution is -2.25. The minimum Gasteiger partial charge on any atom is -0.326 e. The van der Waals surface area contributed by atoms with E-state index < -0.39 is 0 Å². The van der Waals surface area contributed by atoms with Gasteiger partial charge >= 0.3 is 0 Å². The highest BCUT2D eigenvalue weighted by Gasteiger charge is 2.29. The molecule has 21 heavy (non-hydrogen) atoms. The second-order valence-electron chi connectivity index (χ2n) is 6.31. The lowest BCUT2D eigenvalue weighted by atomic mass is 9.97. The van der Waals surface area contributed by atoms with Gasteiger partial charge in [-0.25, -0.2) is 0 Å². The molecule has 1 aliphatic carbocycles. The van der Waals surface area contributed by atoms with Crippen LogP contribution in [0.25, 0.3) is 0 Å². The first-order chi connectivity index (χ1) is 10.1. The van der Waals surface area contributed by atoms with Crippen LogP contribution in [0.1, 0.15) is 58.1 Å². The van der Waals surface area contributed by atoms with Gasteiger partial charge in [0.05, 0.1) is 0 Å². The van der Waals surface area contributed by atoms with Gasteiger partial charge in [0.15, 0.2) is 0 Å². The van der Waals surface area contributed by atoms with Gasteiger partial charge in [0.2, 0.25) is 5.91 Å². The minimum atomic E-state index is 0.185. The maximum absolute atomic E-state index is 12.4. The van der Waals surface area contributed by atoms with E-state index in [0.717, 1.165) is 25.1 Å². The van der Waals surface area contributed by atoms with Gasteiger partial charge in [0, 0.05) is 17.6 Å². The van der Waals surface area contributed by atoms with Crippen molar-refractivity contribution in [3.63, 3.8) is 0 Å². The van der Waals surface area contributed by atoms with Crippen molar-refractivity contribution >= 4 is 11.6 Å². The molecule has 0 saturated heterocycles. The first-order valence-electron chi connectivity index (χ1n) is 8.26. The first kappa shape index (κ1) is 16.0. The Balaban J connectivity index is 1.98. The molecule has 2 rings (SSSR count). The van der Waals surface area contributed by atoms with Crippen molar-refractivity contribution in [1.29, 1.82) is 0 Å².